The number of ketones is 1. The smallest absolute Gasteiger partial charge is 0.547 e. The number of methoxy groups -OCH3 is 2. The van der Waals surface area contributed by atoms with Gasteiger partial charge >= 0.3 is 29.6 Å². The van der Waals surface area contributed by atoms with Crippen molar-refractivity contribution in [2.45, 2.75) is 169 Å². The number of carboxylic acid groups (broad SMARTS) is 1. The zero-order valence-electron chi connectivity index (χ0n) is 34.7. The maximum absolute atomic E-state index is 13.2. The molecule has 12 unspecified atom stereocenters. The van der Waals surface area contributed by atoms with Crippen molar-refractivity contribution in [3.8, 4) is 0 Å². The van der Waals surface area contributed by atoms with E-state index in [0.717, 1.165) is 12.8 Å². The van der Waals surface area contributed by atoms with Crippen LogP contribution < -0.4 is 45.3 Å². The Morgan fingerprint density at radius 2 is 1.07 bits per heavy atom. The van der Waals surface area contributed by atoms with Gasteiger partial charge in [-0.3, -0.25) is 4.79 Å². The summed E-state index contributed by atoms with van der Waals surface area (Å²) in [6.07, 6.45) is -28.6. The first-order valence-electron chi connectivity index (χ1n) is 19.5. The summed E-state index contributed by atoms with van der Waals surface area (Å²) in [6.45, 7) is 11.0. The van der Waals surface area contributed by atoms with Gasteiger partial charge in [-0.1, -0.05) is 32.9 Å². The number of carbonyl (C=O) groups excluding carboxylic acids is 2. The van der Waals surface area contributed by atoms with Gasteiger partial charge in [0.2, 0.25) is 0 Å². The first-order chi connectivity index (χ1) is 27.9. The van der Waals surface area contributed by atoms with Crippen molar-refractivity contribution >= 4 is 11.8 Å². The van der Waals surface area contributed by atoms with Crippen molar-refractivity contribution in [3.05, 3.63) is 24.6 Å². The molecule has 0 aliphatic carbocycles. The van der Waals surface area contributed by atoms with Crippen molar-refractivity contribution in [2.24, 2.45) is 0 Å². The number of rotatable bonds is 20. The Morgan fingerprint density at radius 3 is 1.50 bits per heavy atom. The molecular formula is C37H61N2NaO20. The molecule has 0 saturated carbocycles. The van der Waals surface area contributed by atoms with E-state index in [9.17, 15) is 55.5 Å². The topological polar surface area (TPSA) is 326 Å². The van der Waals surface area contributed by atoms with Gasteiger partial charge in [0.15, 0.2) is 30.9 Å². The number of hydrogen-bond donors (Lipinski definition) is 10. The summed E-state index contributed by atoms with van der Waals surface area (Å²) in [5.41, 5.74) is 0.572. The molecule has 4 rings (SSSR count). The van der Waals surface area contributed by atoms with Gasteiger partial charge < -0.3 is 104 Å². The van der Waals surface area contributed by atoms with Crippen LogP contribution in [-0.4, -0.2) is 203 Å². The van der Waals surface area contributed by atoms with Gasteiger partial charge in [0.05, 0.1) is 19.2 Å². The minimum atomic E-state index is -2.23. The molecule has 0 bridgehead atoms. The van der Waals surface area contributed by atoms with Crippen LogP contribution in [0, 0.1) is 0 Å². The second-order valence-electron chi connectivity index (χ2n) is 15.1. The molecule has 340 valence electrons. The molecule has 4 fully saturated rings. The molecule has 22 nitrogen and oxygen atoms in total. The maximum Gasteiger partial charge on any atom is 1.00 e. The van der Waals surface area contributed by atoms with Gasteiger partial charge in [-0.25, -0.2) is 0 Å². The number of aliphatic carboxylic acids is 1. The predicted octanol–water partition coefficient (Wildman–Crippen LogP) is -8.26. The summed E-state index contributed by atoms with van der Waals surface area (Å²) in [7, 11) is 2.51. The molecule has 10 N–H and O–H groups in total. The zero-order chi connectivity index (χ0) is 43.9. The average Bonchev–Trinajstić information content (AvgIpc) is 3.19. The third-order valence-electron chi connectivity index (χ3n) is 10.6. The minimum absolute atomic E-state index is 0. The van der Waals surface area contributed by atoms with E-state index in [0.29, 0.717) is 12.1 Å². The minimum Gasteiger partial charge on any atom is -0.547 e. The monoisotopic (exact) mass is 876 g/mol. The molecule has 0 aromatic rings. The fraction of sp³-hybridized carbons (Fsp3) is 0.838. The van der Waals surface area contributed by atoms with E-state index in [2.05, 4.69) is 23.8 Å². The molecular weight excluding hydrogens is 815 g/mol. The normalized spacial score (nSPS) is 42.1. The number of nitrogens with one attached hydrogen (secondary N) is 2. The fourth-order valence-corrected chi connectivity index (χ4v) is 7.57. The number of carboxylic acids is 1. The molecule has 4 aliphatic rings. The predicted molar refractivity (Wildman–Crippen MR) is 195 cm³/mol. The van der Waals surface area contributed by atoms with Crippen molar-refractivity contribution in [1.29, 1.82) is 0 Å². The van der Waals surface area contributed by atoms with Gasteiger partial charge in [0.25, 0.3) is 0 Å². The van der Waals surface area contributed by atoms with Crippen molar-refractivity contribution in [3.63, 3.8) is 0 Å². The Hall–Kier alpha value is -1.46. The third kappa shape index (κ3) is 12.2. The Bertz CT molecular complexity index is 1400. The van der Waals surface area contributed by atoms with Crippen LogP contribution in [0.2, 0.25) is 0 Å². The fourth-order valence-electron chi connectivity index (χ4n) is 7.57. The zero-order valence-corrected chi connectivity index (χ0v) is 36.7. The van der Waals surface area contributed by atoms with Crippen LogP contribution in [0.25, 0.3) is 0 Å². The Labute approximate surface area is 369 Å². The number of unbranched alkanes of at least 4 members (excludes halogenated alkanes) is 2. The Kier molecular flexibility index (Phi) is 21.2. The largest absolute Gasteiger partial charge is 1.00 e. The molecule has 60 heavy (non-hydrogen) atoms. The van der Waals surface area contributed by atoms with E-state index >= 15 is 0 Å². The van der Waals surface area contributed by atoms with Crippen molar-refractivity contribution in [2.75, 3.05) is 27.4 Å². The van der Waals surface area contributed by atoms with Crippen molar-refractivity contribution < 1.29 is 128 Å². The van der Waals surface area contributed by atoms with E-state index in [-0.39, 0.29) is 41.7 Å². The summed E-state index contributed by atoms with van der Waals surface area (Å²) >= 11 is 0. The van der Waals surface area contributed by atoms with E-state index in [1.54, 1.807) is 6.92 Å². The van der Waals surface area contributed by atoms with Crippen LogP contribution in [0.15, 0.2) is 24.6 Å². The Morgan fingerprint density at radius 1 is 0.617 bits per heavy atom. The van der Waals surface area contributed by atoms with Crippen LogP contribution in [0.3, 0.4) is 0 Å². The standard InChI is InChI=1S/C37H62N2O20.Na/c1-8-9-10-11-16(42)27-30(51-6)23(45)25(47)36(55-27)57-29-20(39-15(4)5)35(54-18(13-41)22(29)44)58-31-24(46)26(48)37(59-32(31)33(49)50)56-28-19(38-14(2)3)34(52-7)53-17(12-40)21(28)43;/h17-32,34-41,43-48H,2,4,8-13H2,1,3,5-7H3,(H,49,50);/q;+1/p-1/t17?,18?,19-,20-,21+,22+,23?,24?,25-,26-,27?,28?,29?,30-,31-,32?,34?,35?,36?,37?;/m0./s1. The number of Topliss-reactive ketones (excluding diaryl/α,β-unsaturated/α-hetero) is 1. The van der Waals surface area contributed by atoms with Crippen LogP contribution in [0.4, 0.5) is 0 Å². The number of hydrogen-bond acceptors (Lipinski definition) is 22. The van der Waals surface area contributed by atoms with Gasteiger partial charge in [0, 0.05) is 32.0 Å². The van der Waals surface area contributed by atoms with Gasteiger partial charge in [-0.05, 0) is 20.3 Å². The first kappa shape index (κ1) is 52.9. The molecule has 0 spiro atoms. The molecule has 0 radical (unpaired) electrons. The summed E-state index contributed by atoms with van der Waals surface area (Å²) in [4.78, 5) is 25.9. The number of allylic oxidation sites excluding steroid dienone is 2. The van der Waals surface area contributed by atoms with Crippen molar-refractivity contribution in [1.82, 2.24) is 10.6 Å². The van der Waals surface area contributed by atoms with Crippen LogP contribution in [0.1, 0.15) is 46.5 Å². The second-order valence-corrected chi connectivity index (χ2v) is 15.1. The van der Waals surface area contributed by atoms with Gasteiger partial charge in [0.1, 0.15) is 97.5 Å². The number of ether oxygens (including phenoxy) is 9. The first-order valence-corrected chi connectivity index (χ1v) is 19.5. The Balaban J connectivity index is 0.00000961. The van der Waals surface area contributed by atoms with Gasteiger partial charge in [-0.2, -0.15) is 0 Å². The van der Waals surface area contributed by atoms with Crippen LogP contribution in [0.5, 0.6) is 0 Å². The molecule has 4 aliphatic heterocycles. The second kappa shape index (κ2) is 24.0. The SMILES string of the molecule is C=C(C)N[C@@H]1C(OC)OC(CO)[C@@H](O)C1OC1OC(C(=O)[O-])[C@@H](OC2OC(CO)[C@@H](O)C(OC3OC(C(=O)CCCCC)[C@@H](OC)C(O)[C@@H]3O)[C@@H]2NC(=C)C)C(O)[C@@H]1O.[Na+]. The number of aliphatic hydroxyl groups excluding tert-OH is 8. The molecule has 20 atom stereocenters. The molecule has 0 amide bonds. The van der Waals surface area contributed by atoms with Crippen LogP contribution >= 0.6 is 0 Å². The van der Waals surface area contributed by atoms with E-state index < -0.39 is 148 Å². The van der Waals surface area contributed by atoms with E-state index in [4.69, 9.17) is 42.6 Å². The molecule has 4 saturated heterocycles. The molecule has 23 heteroatoms. The average molecular weight is 877 g/mol. The summed E-state index contributed by atoms with van der Waals surface area (Å²) in [5, 5.41) is 106. The van der Waals surface area contributed by atoms with E-state index in [1.807, 2.05) is 6.92 Å². The summed E-state index contributed by atoms with van der Waals surface area (Å²) in [6, 6.07) is -2.50. The van der Waals surface area contributed by atoms with Crippen LogP contribution in [-0.2, 0) is 52.2 Å². The molecule has 0 aromatic heterocycles. The number of aliphatic hydroxyl groups is 8. The summed E-state index contributed by atoms with van der Waals surface area (Å²) in [5.74, 6) is -2.40. The number of carbonyl (C=O) groups is 2. The third-order valence-corrected chi connectivity index (χ3v) is 10.6. The summed E-state index contributed by atoms with van der Waals surface area (Å²) < 4.78 is 51.5. The molecule has 0 aromatic carbocycles. The van der Waals surface area contributed by atoms with E-state index in [1.165, 1.54) is 21.1 Å². The quantitative estimate of drug-likeness (QED) is 0.0401. The molecule has 4 heterocycles. The maximum atomic E-state index is 13.2. The van der Waals surface area contributed by atoms with Gasteiger partial charge in [-0.15, -0.1) is 0 Å².